The van der Waals surface area contributed by atoms with E-state index in [1.807, 2.05) is 12.1 Å². The Morgan fingerprint density at radius 3 is 3.00 bits per heavy atom. The monoisotopic (exact) mass is 253 g/mol. The van der Waals surface area contributed by atoms with Crippen LogP contribution in [0.5, 0.6) is 0 Å². The summed E-state index contributed by atoms with van der Waals surface area (Å²) in [5, 5.41) is 4.67. The van der Waals surface area contributed by atoms with E-state index in [2.05, 4.69) is 27.2 Å². The Balaban J connectivity index is 2.16. The van der Waals surface area contributed by atoms with Crippen LogP contribution in [0, 0.1) is 0 Å². The van der Waals surface area contributed by atoms with Crippen LogP contribution in [0.3, 0.4) is 0 Å². The lowest BCUT2D eigenvalue weighted by Crippen LogP contribution is -2.29. The van der Waals surface area contributed by atoms with Gasteiger partial charge < -0.3 is 0 Å². The first-order chi connectivity index (χ1) is 7.79. The SMILES string of the molecule is NNC(Cc1ccsc1)c1ccnc(Cl)c1. The van der Waals surface area contributed by atoms with Gasteiger partial charge in [0, 0.05) is 6.20 Å². The second kappa shape index (κ2) is 5.41. The minimum atomic E-state index is 0.0649. The fraction of sp³-hybridized carbons (Fsp3) is 0.182. The van der Waals surface area contributed by atoms with Crippen molar-refractivity contribution in [3.05, 3.63) is 51.4 Å². The van der Waals surface area contributed by atoms with Crippen molar-refractivity contribution >= 4 is 22.9 Å². The van der Waals surface area contributed by atoms with Gasteiger partial charge in [0.05, 0.1) is 6.04 Å². The number of hydrogen-bond acceptors (Lipinski definition) is 4. The van der Waals surface area contributed by atoms with Crippen LogP contribution in [-0.4, -0.2) is 4.98 Å². The Morgan fingerprint density at radius 2 is 2.38 bits per heavy atom. The lowest BCUT2D eigenvalue weighted by atomic mass is 10.0. The Hall–Kier alpha value is -0.940. The van der Waals surface area contributed by atoms with E-state index in [1.165, 1.54) is 5.56 Å². The van der Waals surface area contributed by atoms with Crippen molar-refractivity contribution in [3.63, 3.8) is 0 Å². The van der Waals surface area contributed by atoms with Crippen molar-refractivity contribution < 1.29 is 0 Å². The molecule has 2 heterocycles. The summed E-state index contributed by atoms with van der Waals surface area (Å²) in [5.74, 6) is 5.56. The van der Waals surface area contributed by atoms with Gasteiger partial charge in [-0.3, -0.25) is 11.3 Å². The molecule has 1 unspecified atom stereocenters. The van der Waals surface area contributed by atoms with E-state index in [1.54, 1.807) is 17.5 Å². The number of thiophene rings is 1. The number of nitrogens with zero attached hydrogens (tertiary/aromatic N) is 1. The molecule has 84 valence electrons. The summed E-state index contributed by atoms with van der Waals surface area (Å²) in [6.45, 7) is 0. The van der Waals surface area contributed by atoms with Crippen LogP contribution < -0.4 is 11.3 Å². The molecular formula is C11H12ClN3S. The quantitative estimate of drug-likeness (QED) is 0.500. The molecule has 2 rings (SSSR count). The van der Waals surface area contributed by atoms with Gasteiger partial charge in [0.15, 0.2) is 0 Å². The molecule has 1 atom stereocenters. The molecule has 16 heavy (non-hydrogen) atoms. The van der Waals surface area contributed by atoms with Crippen molar-refractivity contribution in [2.45, 2.75) is 12.5 Å². The molecule has 0 saturated heterocycles. The first-order valence-corrected chi connectivity index (χ1v) is 6.20. The Labute approximate surface area is 103 Å². The van der Waals surface area contributed by atoms with Crippen LogP contribution in [0.25, 0.3) is 0 Å². The van der Waals surface area contributed by atoms with Crippen molar-refractivity contribution in [3.8, 4) is 0 Å². The Morgan fingerprint density at radius 1 is 1.50 bits per heavy atom. The van der Waals surface area contributed by atoms with Crippen LogP contribution >= 0.6 is 22.9 Å². The molecule has 0 amide bonds. The molecule has 2 aromatic rings. The molecule has 5 heteroatoms. The average molecular weight is 254 g/mol. The molecule has 2 aromatic heterocycles. The zero-order chi connectivity index (χ0) is 11.4. The van der Waals surface area contributed by atoms with E-state index in [0.717, 1.165) is 12.0 Å². The maximum atomic E-state index is 5.85. The van der Waals surface area contributed by atoms with E-state index in [-0.39, 0.29) is 6.04 Å². The fourth-order valence-corrected chi connectivity index (χ4v) is 2.42. The van der Waals surface area contributed by atoms with Gasteiger partial charge in [-0.2, -0.15) is 11.3 Å². The first-order valence-electron chi connectivity index (χ1n) is 4.88. The van der Waals surface area contributed by atoms with Gasteiger partial charge in [0.1, 0.15) is 5.15 Å². The molecule has 3 N–H and O–H groups in total. The molecule has 0 aliphatic carbocycles. The first kappa shape index (κ1) is 11.5. The van der Waals surface area contributed by atoms with Crippen LogP contribution in [-0.2, 0) is 6.42 Å². The molecule has 0 bridgehead atoms. The topological polar surface area (TPSA) is 50.9 Å². The summed E-state index contributed by atoms with van der Waals surface area (Å²) in [6, 6.07) is 5.91. The number of aromatic nitrogens is 1. The highest BCUT2D eigenvalue weighted by Gasteiger charge is 2.11. The summed E-state index contributed by atoms with van der Waals surface area (Å²) in [4.78, 5) is 3.95. The molecule has 0 aromatic carbocycles. The van der Waals surface area contributed by atoms with E-state index in [4.69, 9.17) is 17.4 Å². The lowest BCUT2D eigenvalue weighted by Gasteiger charge is -2.15. The largest absolute Gasteiger partial charge is 0.271 e. The maximum Gasteiger partial charge on any atom is 0.129 e. The second-order valence-corrected chi connectivity index (χ2v) is 4.63. The molecule has 0 saturated carbocycles. The highest BCUT2D eigenvalue weighted by molar-refractivity contribution is 7.07. The van der Waals surface area contributed by atoms with Gasteiger partial charge in [-0.1, -0.05) is 11.6 Å². The predicted octanol–water partition coefficient (Wildman–Crippen LogP) is 2.54. The van der Waals surface area contributed by atoms with E-state index in [9.17, 15) is 0 Å². The molecular weight excluding hydrogens is 242 g/mol. The van der Waals surface area contributed by atoms with Gasteiger partial charge in [-0.25, -0.2) is 4.98 Å². The van der Waals surface area contributed by atoms with Crippen molar-refractivity contribution in [2.75, 3.05) is 0 Å². The van der Waals surface area contributed by atoms with Gasteiger partial charge in [0.25, 0.3) is 0 Å². The van der Waals surface area contributed by atoms with Crippen LogP contribution in [0.15, 0.2) is 35.2 Å². The smallest absolute Gasteiger partial charge is 0.129 e. The maximum absolute atomic E-state index is 5.85. The van der Waals surface area contributed by atoms with E-state index >= 15 is 0 Å². The summed E-state index contributed by atoms with van der Waals surface area (Å²) in [6.07, 6.45) is 2.54. The van der Waals surface area contributed by atoms with Crippen molar-refractivity contribution in [1.82, 2.24) is 10.4 Å². The van der Waals surface area contributed by atoms with Gasteiger partial charge >= 0.3 is 0 Å². The molecule has 0 spiro atoms. The standard InChI is InChI=1S/C11H12ClN3S/c12-11-6-9(1-3-14-11)10(15-13)5-8-2-4-16-7-8/h1-4,6-7,10,15H,5,13H2. The second-order valence-electron chi connectivity index (χ2n) is 3.47. The lowest BCUT2D eigenvalue weighted by molar-refractivity contribution is 0.552. The fourth-order valence-electron chi connectivity index (χ4n) is 1.55. The minimum Gasteiger partial charge on any atom is -0.271 e. The third kappa shape index (κ3) is 2.80. The average Bonchev–Trinajstić information content (AvgIpc) is 2.78. The number of rotatable bonds is 4. The number of nitrogens with two attached hydrogens (primary N) is 1. The van der Waals surface area contributed by atoms with E-state index in [0.29, 0.717) is 5.15 Å². The Bertz CT molecular complexity index is 444. The van der Waals surface area contributed by atoms with E-state index < -0.39 is 0 Å². The van der Waals surface area contributed by atoms with Crippen molar-refractivity contribution in [2.24, 2.45) is 5.84 Å². The highest BCUT2D eigenvalue weighted by Crippen LogP contribution is 2.20. The summed E-state index contributed by atoms with van der Waals surface area (Å²) < 4.78 is 0. The van der Waals surface area contributed by atoms with Gasteiger partial charge in [-0.05, 0) is 46.5 Å². The summed E-state index contributed by atoms with van der Waals surface area (Å²) in [5.41, 5.74) is 5.12. The van der Waals surface area contributed by atoms with Gasteiger partial charge in [0.2, 0.25) is 0 Å². The molecule has 3 nitrogen and oxygen atoms in total. The normalized spacial score (nSPS) is 12.6. The summed E-state index contributed by atoms with van der Waals surface area (Å²) in [7, 11) is 0. The minimum absolute atomic E-state index is 0.0649. The Kier molecular flexibility index (Phi) is 3.90. The molecule has 0 aliphatic rings. The van der Waals surface area contributed by atoms with Crippen molar-refractivity contribution in [1.29, 1.82) is 0 Å². The predicted molar refractivity (Wildman–Crippen MR) is 67.3 cm³/mol. The molecule has 0 radical (unpaired) electrons. The molecule has 0 fully saturated rings. The number of halogens is 1. The zero-order valence-electron chi connectivity index (χ0n) is 8.56. The number of pyridine rings is 1. The van der Waals surface area contributed by atoms with Gasteiger partial charge in [-0.15, -0.1) is 0 Å². The zero-order valence-corrected chi connectivity index (χ0v) is 10.1. The number of hydrazine groups is 1. The molecule has 0 aliphatic heterocycles. The summed E-state index contributed by atoms with van der Waals surface area (Å²) >= 11 is 7.53. The van der Waals surface area contributed by atoms with Crippen LogP contribution in [0.1, 0.15) is 17.2 Å². The van der Waals surface area contributed by atoms with Crippen LogP contribution in [0.2, 0.25) is 5.15 Å². The number of nitrogens with one attached hydrogen (secondary N) is 1. The third-order valence-corrected chi connectivity index (χ3v) is 3.31. The van der Waals surface area contributed by atoms with Crippen LogP contribution in [0.4, 0.5) is 0 Å². The highest BCUT2D eigenvalue weighted by atomic mass is 35.5. The third-order valence-electron chi connectivity index (χ3n) is 2.37. The number of hydrogen-bond donors (Lipinski definition) is 2.